The molecule has 0 saturated carbocycles. The molecule has 1 N–H and O–H groups in total. The molecule has 0 bridgehead atoms. The maximum absolute atomic E-state index is 12.5. The van der Waals surface area contributed by atoms with E-state index in [0.29, 0.717) is 12.2 Å². The van der Waals surface area contributed by atoms with Crippen LogP contribution in [0.4, 0.5) is 0 Å². The van der Waals surface area contributed by atoms with Crippen LogP contribution in [-0.4, -0.2) is 12.5 Å². The van der Waals surface area contributed by atoms with Crippen LogP contribution in [0.1, 0.15) is 58.9 Å². The Morgan fingerprint density at radius 1 is 1.17 bits per heavy atom. The van der Waals surface area contributed by atoms with Crippen LogP contribution in [0.25, 0.3) is 0 Å². The van der Waals surface area contributed by atoms with Gasteiger partial charge in [-0.05, 0) is 80.5 Å². The molecule has 0 radical (unpaired) electrons. The molecule has 0 heterocycles. The van der Waals surface area contributed by atoms with Crippen molar-refractivity contribution in [2.75, 3.05) is 6.61 Å². The average molecular weight is 323 g/mol. The van der Waals surface area contributed by atoms with Crippen molar-refractivity contribution in [3.63, 3.8) is 0 Å². The predicted octanol–water partition coefficient (Wildman–Crippen LogP) is 4.37. The highest BCUT2D eigenvalue weighted by Crippen LogP contribution is 2.26. The lowest BCUT2D eigenvalue weighted by Gasteiger charge is -2.16. The van der Waals surface area contributed by atoms with E-state index in [2.05, 4.69) is 23.5 Å². The first-order valence-electron chi connectivity index (χ1n) is 8.74. The first kappa shape index (κ1) is 16.6. The summed E-state index contributed by atoms with van der Waals surface area (Å²) in [5.41, 5.74) is 5.72. The number of hydrogen-bond donors (Lipinski definition) is 1. The first-order chi connectivity index (χ1) is 11.6. The zero-order valence-electron chi connectivity index (χ0n) is 14.7. The fourth-order valence-corrected chi connectivity index (χ4v) is 3.33. The summed E-state index contributed by atoms with van der Waals surface area (Å²) in [6, 6.07) is 12.2. The molecule has 0 aliphatic heterocycles. The summed E-state index contributed by atoms with van der Waals surface area (Å²) < 4.78 is 5.53. The standard InChI is InChI=1S/C21H25NO2/c1-4-24-20-11-10-19(12-14(20)2)21(23)22-15(3)17-9-8-16-6-5-7-18(16)13-17/h8-13,15H,4-7H2,1-3H3,(H,22,23)/t15-/m1/s1. The minimum atomic E-state index is -0.0471. The summed E-state index contributed by atoms with van der Waals surface area (Å²) in [6.45, 7) is 6.59. The molecular weight excluding hydrogens is 298 g/mol. The van der Waals surface area contributed by atoms with Crippen LogP contribution in [0.2, 0.25) is 0 Å². The summed E-state index contributed by atoms with van der Waals surface area (Å²) in [7, 11) is 0. The Balaban J connectivity index is 1.71. The molecule has 3 heteroatoms. The average Bonchev–Trinajstić information content (AvgIpc) is 3.04. The van der Waals surface area contributed by atoms with Gasteiger partial charge in [-0.2, -0.15) is 0 Å². The van der Waals surface area contributed by atoms with Crippen LogP contribution in [0.3, 0.4) is 0 Å². The number of nitrogens with one attached hydrogen (secondary N) is 1. The van der Waals surface area contributed by atoms with Crippen LogP contribution >= 0.6 is 0 Å². The SMILES string of the molecule is CCOc1ccc(C(=O)N[C@H](C)c2ccc3c(c2)CCC3)cc1C. The van der Waals surface area contributed by atoms with Gasteiger partial charge in [0.25, 0.3) is 5.91 Å². The van der Waals surface area contributed by atoms with Crippen molar-refractivity contribution >= 4 is 5.91 Å². The number of fused-ring (bicyclic) bond motifs is 1. The molecule has 1 amide bonds. The summed E-state index contributed by atoms with van der Waals surface area (Å²) in [5.74, 6) is 0.787. The molecule has 0 saturated heterocycles. The molecule has 2 aromatic rings. The van der Waals surface area contributed by atoms with Crippen LogP contribution in [0.5, 0.6) is 5.75 Å². The molecule has 126 valence electrons. The molecule has 3 nitrogen and oxygen atoms in total. The molecule has 1 aliphatic rings. The smallest absolute Gasteiger partial charge is 0.251 e. The lowest BCUT2D eigenvalue weighted by Crippen LogP contribution is -2.26. The van der Waals surface area contributed by atoms with Crippen molar-refractivity contribution in [1.82, 2.24) is 5.32 Å². The van der Waals surface area contributed by atoms with Crippen molar-refractivity contribution in [2.24, 2.45) is 0 Å². The monoisotopic (exact) mass is 323 g/mol. The molecule has 3 rings (SSSR count). The van der Waals surface area contributed by atoms with Crippen molar-refractivity contribution in [2.45, 2.75) is 46.1 Å². The highest BCUT2D eigenvalue weighted by molar-refractivity contribution is 5.94. The van der Waals surface area contributed by atoms with Crippen molar-refractivity contribution < 1.29 is 9.53 Å². The summed E-state index contributed by atoms with van der Waals surface area (Å²) >= 11 is 0. The van der Waals surface area contributed by atoms with Gasteiger partial charge < -0.3 is 10.1 Å². The molecule has 2 aromatic carbocycles. The van der Waals surface area contributed by atoms with E-state index in [1.807, 2.05) is 39.0 Å². The number of hydrogen-bond acceptors (Lipinski definition) is 2. The van der Waals surface area contributed by atoms with Crippen LogP contribution in [0, 0.1) is 6.92 Å². The van der Waals surface area contributed by atoms with Gasteiger partial charge >= 0.3 is 0 Å². The third-order valence-corrected chi connectivity index (χ3v) is 4.71. The predicted molar refractivity (Wildman–Crippen MR) is 96.7 cm³/mol. The minimum Gasteiger partial charge on any atom is -0.494 e. The fraction of sp³-hybridized carbons (Fsp3) is 0.381. The van der Waals surface area contributed by atoms with Crippen LogP contribution < -0.4 is 10.1 Å². The van der Waals surface area contributed by atoms with E-state index < -0.39 is 0 Å². The molecule has 1 aliphatic carbocycles. The maximum Gasteiger partial charge on any atom is 0.251 e. The van der Waals surface area contributed by atoms with E-state index in [1.165, 1.54) is 29.5 Å². The van der Waals surface area contributed by atoms with Gasteiger partial charge in [-0.3, -0.25) is 4.79 Å². The van der Waals surface area contributed by atoms with E-state index in [0.717, 1.165) is 17.7 Å². The third kappa shape index (κ3) is 3.45. The number of benzene rings is 2. The van der Waals surface area contributed by atoms with E-state index in [9.17, 15) is 4.79 Å². The highest BCUT2D eigenvalue weighted by atomic mass is 16.5. The van der Waals surface area contributed by atoms with Gasteiger partial charge in [-0.1, -0.05) is 18.2 Å². The number of aryl methyl sites for hydroxylation is 3. The maximum atomic E-state index is 12.5. The Morgan fingerprint density at radius 2 is 1.96 bits per heavy atom. The van der Waals surface area contributed by atoms with Crippen molar-refractivity contribution in [1.29, 1.82) is 0 Å². The van der Waals surface area contributed by atoms with E-state index >= 15 is 0 Å². The summed E-state index contributed by atoms with van der Waals surface area (Å²) in [4.78, 5) is 12.5. The van der Waals surface area contributed by atoms with Crippen molar-refractivity contribution in [3.05, 3.63) is 64.2 Å². The lowest BCUT2D eigenvalue weighted by molar-refractivity contribution is 0.0939. The number of amides is 1. The van der Waals surface area contributed by atoms with Gasteiger partial charge in [0, 0.05) is 5.56 Å². The zero-order valence-corrected chi connectivity index (χ0v) is 14.7. The van der Waals surface area contributed by atoms with Gasteiger partial charge in [0.1, 0.15) is 5.75 Å². The highest BCUT2D eigenvalue weighted by Gasteiger charge is 2.16. The molecule has 1 atom stereocenters. The number of ether oxygens (including phenoxy) is 1. The topological polar surface area (TPSA) is 38.3 Å². The molecule has 0 aromatic heterocycles. The molecule has 0 fully saturated rings. The van der Waals surface area contributed by atoms with Gasteiger partial charge in [0.15, 0.2) is 0 Å². The molecular formula is C21H25NO2. The van der Waals surface area contributed by atoms with Crippen LogP contribution in [0.15, 0.2) is 36.4 Å². The zero-order chi connectivity index (χ0) is 17.1. The molecule has 0 spiro atoms. The van der Waals surface area contributed by atoms with Crippen LogP contribution in [-0.2, 0) is 12.8 Å². The Hall–Kier alpha value is -2.29. The Bertz CT molecular complexity index is 751. The van der Waals surface area contributed by atoms with E-state index in [1.54, 1.807) is 0 Å². The minimum absolute atomic E-state index is 0.00438. The Kier molecular flexibility index (Phi) is 4.89. The van der Waals surface area contributed by atoms with Gasteiger partial charge in [0.2, 0.25) is 0 Å². The second-order valence-electron chi connectivity index (χ2n) is 6.49. The number of carbonyl (C=O) groups excluding carboxylic acids is 1. The second-order valence-corrected chi connectivity index (χ2v) is 6.49. The number of rotatable bonds is 5. The Labute approximate surface area is 144 Å². The number of carbonyl (C=O) groups is 1. The molecule has 0 unspecified atom stereocenters. The molecule has 24 heavy (non-hydrogen) atoms. The first-order valence-corrected chi connectivity index (χ1v) is 8.74. The van der Waals surface area contributed by atoms with E-state index in [4.69, 9.17) is 4.74 Å². The second kappa shape index (κ2) is 7.08. The van der Waals surface area contributed by atoms with Gasteiger partial charge in [-0.15, -0.1) is 0 Å². The quantitative estimate of drug-likeness (QED) is 0.887. The Morgan fingerprint density at radius 3 is 2.71 bits per heavy atom. The van der Waals surface area contributed by atoms with Crippen molar-refractivity contribution in [3.8, 4) is 5.75 Å². The fourth-order valence-electron chi connectivity index (χ4n) is 3.33. The van der Waals surface area contributed by atoms with Gasteiger partial charge in [0.05, 0.1) is 12.6 Å². The largest absolute Gasteiger partial charge is 0.494 e. The summed E-state index contributed by atoms with van der Waals surface area (Å²) in [6.07, 6.45) is 3.58. The normalized spacial score (nSPS) is 14.1. The summed E-state index contributed by atoms with van der Waals surface area (Å²) in [5, 5.41) is 3.10. The lowest BCUT2D eigenvalue weighted by atomic mass is 10.0. The third-order valence-electron chi connectivity index (χ3n) is 4.71. The van der Waals surface area contributed by atoms with Gasteiger partial charge in [-0.25, -0.2) is 0 Å². The van der Waals surface area contributed by atoms with E-state index in [-0.39, 0.29) is 11.9 Å².